The Bertz CT molecular complexity index is 1140. The molecule has 0 radical (unpaired) electrons. The fourth-order valence-electron chi connectivity index (χ4n) is 2.76. The molecule has 3 aromatic carbocycles. The molecule has 0 spiro atoms. The highest BCUT2D eigenvalue weighted by atomic mass is 35.5. The first-order valence-corrected chi connectivity index (χ1v) is 8.91. The Morgan fingerprint density at radius 1 is 1.07 bits per heavy atom. The lowest BCUT2D eigenvalue weighted by Gasteiger charge is -2.13. The molecule has 0 unspecified atom stereocenters. The topological polar surface area (TPSA) is 49.3 Å². The van der Waals surface area contributed by atoms with E-state index in [0.29, 0.717) is 17.2 Å². The monoisotopic (exact) mass is 435 g/mol. The van der Waals surface area contributed by atoms with Crippen LogP contribution >= 0.6 is 11.6 Å². The van der Waals surface area contributed by atoms with Crippen molar-refractivity contribution in [3.8, 4) is 16.9 Å². The Balaban J connectivity index is 1.92. The molecule has 1 amide bonds. The van der Waals surface area contributed by atoms with Crippen molar-refractivity contribution in [1.29, 1.82) is 0 Å². The number of carbonyl (C=O) groups excluding carboxylic acids is 1. The van der Waals surface area contributed by atoms with Crippen molar-refractivity contribution in [2.45, 2.75) is 6.18 Å². The summed E-state index contributed by atoms with van der Waals surface area (Å²) >= 11 is 5.85. The predicted molar refractivity (Wildman–Crippen MR) is 108 cm³/mol. The lowest BCUT2D eigenvalue weighted by Crippen LogP contribution is -2.13. The molecular formula is C22H14ClF4NO2. The van der Waals surface area contributed by atoms with E-state index >= 15 is 0 Å². The van der Waals surface area contributed by atoms with Gasteiger partial charge in [-0.25, -0.2) is 4.39 Å². The Labute approximate surface area is 174 Å². The fraction of sp³-hybridized carbons (Fsp3) is 0.0455. The number of alkyl halides is 3. The fourth-order valence-corrected chi connectivity index (χ4v) is 2.99. The molecule has 0 heterocycles. The number of rotatable bonds is 4. The van der Waals surface area contributed by atoms with E-state index < -0.39 is 23.5 Å². The van der Waals surface area contributed by atoms with Crippen LogP contribution in [-0.4, -0.2) is 11.0 Å². The summed E-state index contributed by atoms with van der Waals surface area (Å²) in [6.07, 6.45) is -3.10. The SMILES string of the molecule is C=Cc1ccc(-c2ccc(O)c(C(=O)Nc3ccc(C(F)(F)F)cc3Cl)c2)c(F)c1. The van der Waals surface area contributed by atoms with Crippen LogP contribution in [0.15, 0.2) is 61.2 Å². The summed E-state index contributed by atoms with van der Waals surface area (Å²) in [7, 11) is 0. The molecular weight excluding hydrogens is 422 g/mol. The van der Waals surface area contributed by atoms with Crippen molar-refractivity contribution in [2.75, 3.05) is 5.32 Å². The Hall–Kier alpha value is -3.32. The van der Waals surface area contributed by atoms with Crippen molar-refractivity contribution in [2.24, 2.45) is 0 Å². The molecule has 30 heavy (non-hydrogen) atoms. The van der Waals surface area contributed by atoms with Gasteiger partial charge in [-0.15, -0.1) is 0 Å². The Kier molecular flexibility index (Phi) is 5.85. The van der Waals surface area contributed by atoms with Gasteiger partial charge < -0.3 is 10.4 Å². The maximum Gasteiger partial charge on any atom is 0.416 e. The largest absolute Gasteiger partial charge is 0.507 e. The first-order chi connectivity index (χ1) is 14.1. The second-order valence-electron chi connectivity index (χ2n) is 6.32. The van der Waals surface area contributed by atoms with Crippen molar-refractivity contribution >= 4 is 29.3 Å². The van der Waals surface area contributed by atoms with Crippen LogP contribution in [0.2, 0.25) is 5.02 Å². The third kappa shape index (κ3) is 4.46. The van der Waals surface area contributed by atoms with Crippen molar-refractivity contribution < 1.29 is 27.5 Å². The van der Waals surface area contributed by atoms with E-state index in [4.69, 9.17) is 11.6 Å². The summed E-state index contributed by atoms with van der Waals surface area (Å²) in [5, 5.41) is 12.1. The number of anilines is 1. The Morgan fingerprint density at radius 2 is 1.80 bits per heavy atom. The quantitative estimate of drug-likeness (QED) is 0.444. The van der Waals surface area contributed by atoms with Crippen LogP contribution in [-0.2, 0) is 6.18 Å². The van der Waals surface area contributed by atoms with Gasteiger partial charge in [0.2, 0.25) is 0 Å². The minimum absolute atomic E-state index is 0.0685. The molecule has 0 fully saturated rings. The van der Waals surface area contributed by atoms with Gasteiger partial charge in [0, 0.05) is 5.56 Å². The highest BCUT2D eigenvalue weighted by molar-refractivity contribution is 6.34. The molecule has 0 bridgehead atoms. The highest BCUT2D eigenvalue weighted by Crippen LogP contribution is 2.34. The van der Waals surface area contributed by atoms with Gasteiger partial charge in [0.05, 0.1) is 21.8 Å². The van der Waals surface area contributed by atoms with Gasteiger partial charge >= 0.3 is 6.18 Å². The van der Waals surface area contributed by atoms with Crippen molar-refractivity contribution in [1.82, 2.24) is 0 Å². The van der Waals surface area contributed by atoms with Gasteiger partial charge in [-0.2, -0.15) is 13.2 Å². The van der Waals surface area contributed by atoms with Crippen LogP contribution in [0.4, 0.5) is 23.2 Å². The standard InChI is InChI=1S/C22H14ClF4NO2/c1-2-12-3-6-15(18(24)9-12)13-4-8-20(29)16(10-13)21(30)28-19-7-5-14(11-17(19)23)22(25,26)27/h2-11,29H,1H2,(H,28,30). The molecule has 154 valence electrons. The lowest BCUT2D eigenvalue weighted by molar-refractivity contribution is -0.137. The molecule has 2 N–H and O–H groups in total. The van der Waals surface area contributed by atoms with Crippen LogP contribution in [0.25, 0.3) is 17.2 Å². The molecule has 0 aliphatic rings. The van der Waals surface area contributed by atoms with Gasteiger partial charge in [0.15, 0.2) is 0 Å². The first kappa shape index (κ1) is 21.4. The second-order valence-corrected chi connectivity index (χ2v) is 6.73. The van der Waals surface area contributed by atoms with E-state index in [-0.39, 0.29) is 27.6 Å². The van der Waals surface area contributed by atoms with E-state index in [0.717, 1.165) is 12.1 Å². The summed E-state index contributed by atoms with van der Waals surface area (Å²) in [6.45, 7) is 3.56. The zero-order valence-electron chi connectivity index (χ0n) is 15.2. The van der Waals surface area contributed by atoms with Gasteiger partial charge in [-0.3, -0.25) is 4.79 Å². The molecule has 0 aromatic heterocycles. The number of hydrogen-bond acceptors (Lipinski definition) is 2. The highest BCUT2D eigenvalue weighted by Gasteiger charge is 2.31. The lowest BCUT2D eigenvalue weighted by atomic mass is 10.00. The zero-order valence-corrected chi connectivity index (χ0v) is 16.0. The predicted octanol–water partition coefficient (Wildman–Crippen LogP) is 6.77. The van der Waals surface area contributed by atoms with Crippen LogP contribution < -0.4 is 5.32 Å². The number of carbonyl (C=O) groups is 1. The smallest absolute Gasteiger partial charge is 0.416 e. The minimum Gasteiger partial charge on any atom is -0.507 e. The van der Waals surface area contributed by atoms with Crippen LogP contribution in [0.5, 0.6) is 5.75 Å². The number of amides is 1. The molecule has 8 heteroatoms. The number of nitrogens with one attached hydrogen (secondary N) is 1. The summed E-state index contributed by atoms with van der Waals surface area (Å²) in [4.78, 5) is 12.6. The van der Waals surface area contributed by atoms with E-state index in [2.05, 4.69) is 11.9 Å². The molecule has 0 saturated heterocycles. The van der Waals surface area contributed by atoms with Crippen LogP contribution in [0, 0.1) is 5.82 Å². The third-order valence-corrected chi connectivity index (χ3v) is 4.64. The summed E-state index contributed by atoms with van der Waals surface area (Å²) in [5.74, 6) is -1.75. The number of phenols is 1. The van der Waals surface area contributed by atoms with Gasteiger partial charge in [-0.1, -0.05) is 42.5 Å². The molecule has 0 aliphatic heterocycles. The number of hydrogen-bond donors (Lipinski definition) is 2. The summed E-state index contributed by atoms with van der Waals surface area (Å²) < 4.78 is 52.6. The zero-order chi connectivity index (χ0) is 22.1. The van der Waals surface area contributed by atoms with Crippen molar-refractivity contribution in [3.05, 3.63) is 88.7 Å². The minimum atomic E-state index is -4.58. The number of benzene rings is 3. The molecule has 3 nitrogen and oxygen atoms in total. The van der Waals surface area contributed by atoms with Crippen LogP contribution in [0.3, 0.4) is 0 Å². The molecule has 0 aliphatic carbocycles. The second kappa shape index (κ2) is 8.20. The molecule has 3 aromatic rings. The van der Waals surface area contributed by atoms with Crippen molar-refractivity contribution in [3.63, 3.8) is 0 Å². The Morgan fingerprint density at radius 3 is 2.40 bits per heavy atom. The van der Waals surface area contributed by atoms with Crippen LogP contribution in [0.1, 0.15) is 21.5 Å². The molecule has 0 saturated carbocycles. The van der Waals surface area contributed by atoms with E-state index in [1.165, 1.54) is 36.4 Å². The average molecular weight is 436 g/mol. The van der Waals surface area contributed by atoms with E-state index in [9.17, 15) is 27.5 Å². The van der Waals surface area contributed by atoms with Gasteiger partial charge in [0.1, 0.15) is 11.6 Å². The molecule has 3 rings (SSSR count). The number of aromatic hydroxyl groups is 1. The number of phenolic OH excluding ortho intramolecular Hbond substituents is 1. The summed E-state index contributed by atoms with van der Waals surface area (Å²) in [5.41, 5.74) is -0.137. The van der Waals surface area contributed by atoms with E-state index in [1.54, 1.807) is 6.07 Å². The summed E-state index contributed by atoms with van der Waals surface area (Å²) in [6, 6.07) is 10.8. The normalized spacial score (nSPS) is 11.2. The number of halogens is 5. The first-order valence-electron chi connectivity index (χ1n) is 8.53. The van der Waals surface area contributed by atoms with Gasteiger partial charge in [0.25, 0.3) is 5.91 Å². The maximum atomic E-state index is 14.4. The third-order valence-electron chi connectivity index (χ3n) is 4.33. The molecule has 0 atom stereocenters. The van der Waals surface area contributed by atoms with E-state index in [1.807, 2.05) is 0 Å². The maximum absolute atomic E-state index is 14.4. The average Bonchev–Trinajstić information content (AvgIpc) is 2.69. The van der Waals surface area contributed by atoms with Gasteiger partial charge in [-0.05, 0) is 47.5 Å².